The third kappa shape index (κ3) is 6.80. The monoisotopic (exact) mass is 516 g/mol. The quantitative estimate of drug-likeness (QED) is 0.396. The summed E-state index contributed by atoms with van der Waals surface area (Å²) in [6.45, 7) is 13.3. The second-order valence-corrected chi connectivity index (χ2v) is 9.57. The molecule has 194 valence electrons. The number of carbonyl (C=O) groups is 1. The van der Waals surface area contributed by atoms with Crippen LogP contribution < -0.4 is 10.7 Å². The molecule has 2 aromatic heterocycles. The topological polar surface area (TPSA) is 67.2 Å². The second-order valence-electron chi connectivity index (χ2n) is 8.34. The molecule has 0 unspecified atom stereocenters. The van der Waals surface area contributed by atoms with Crippen molar-refractivity contribution < 1.29 is 4.79 Å². The van der Waals surface area contributed by atoms with E-state index in [1.165, 1.54) is 0 Å². The Kier molecular flexibility index (Phi) is 10.3. The molecule has 4 rings (SSSR count). The minimum atomic E-state index is -0.125. The smallest absolute Gasteiger partial charge is 0.228 e. The van der Waals surface area contributed by atoms with Crippen LogP contribution in [0, 0.1) is 6.92 Å². The van der Waals surface area contributed by atoms with E-state index < -0.39 is 0 Å². The Labute approximate surface area is 223 Å². The van der Waals surface area contributed by atoms with Gasteiger partial charge in [0, 0.05) is 42.0 Å². The Hall–Kier alpha value is -3.58. The molecule has 0 aliphatic carbocycles. The number of pyridine rings is 2. The number of allylic oxidation sites excluding steroid dienone is 4. The van der Waals surface area contributed by atoms with Crippen LogP contribution in [-0.2, 0) is 11.2 Å². The summed E-state index contributed by atoms with van der Waals surface area (Å²) in [5.41, 5.74) is 3.47. The molecule has 3 heterocycles. The van der Waals surface area contributed by atoms with Gasteiger partial charge in [0.05, 0.1) is 17.5 Å². The molecule has 7 heteroatoms. The zero-order chi connectivity index (χ0) is 26.8. The lowest BCUT2D eigenvalue weighted by Crippen LogP contribution is -2.39. The van der Waals surface area contributed by atoms with Gasteiger partial charge >= 0.3 is 0 Å². The van der Waals surface area contributed by atoms with Gasteiger partial charge in [0.1, 0.15) is 5.82 Å². The van der Waals surface area contributed by atoms with Crippen LogP contribution in [0.1, 0.15) is 32.0 Å². The van der Waals surface area contributed by atoms with Gasteiger partial charge in [-0.05, 0) is 49.8 Å². The third-order valence-corrected chi connectivity index (χ3v) is 6.83. The first-order valence-electron chi connectivity index (χ1n) is 12.7. The normalized spacial score (nSPS) is 13.8. The number of hydrogen-bond donors (Lipinski definition) is 1. The Bertz CT molecular complexity index is 1350. The van der Waals surface area contributed by atoms with Crippen LogP contribution in [-0.4, -0.2) is 45.0 Å². The summed E-state index contributed by atoms with van der Waals surface area (Å²) < 4.78 is 1.93. The Morgan fingerprint density at radius 3 is 2.51 bits per heavy atom. The van der Waals surface area contributed by atoms with Crippen LogP contribution >= 0.6 is 11.8 Å². The third-order valence-electron chi connectivity index (χ3n) is 5.89. The SMILES string of the molecule is C=C/C(=C\C=C/C)Nc1cc(=O)c2c(C)cc(CC(=O)N3CCSCC3)nc2n1-c1ccccc1.CC. The summed E-state index contributed by atoms with van der Waals surface area (Å²) in [4.78, 5) is 33.0. The summed E-state index contributed by atoms with van der Waals surface area (Å²) in [6, 6.07) is 13.2. The maximum Gasteiger partial charge on any atom is 0.228 e. The number of para-hydroxylation sites is 1. The van der Waals surface area contributed by atoms with E-state index in [2.05, 4.69) is 11.9 Å². The minimum Gasteiger partial charge on any atom is -0.341 e. The number of anilines is 1. The number of rotatable bonds is 7. The van der Waals surface area contributed by atoms with E-state index in [9.17, 15) is 9.59 Å². The number of hydrogen-bond acceptors (Lipinski definition) is 5. The molecule has 0 atom stereocenters. The highest BCUT2D eigenvalue weighted by Gasteiger charge is 2.20. The zero-order valence-electron chi connectivity index (χ0n) is 22.2. The van der Waals surface area contributed by atoms with Gasteiger partial charge in [0.2, 0.25) is 5.91 Å². The summed E-state index contributed by atoms with van der Waals surface area (Å²) in [5, 5.41) is 3.88. The number of amides is 1. The van der Waals surface area contributed by atoms with Crippen molar-refractivity contribution in [3.63, 3.8) is 0 Å². The second kappa shape index (κ2) is 13.7. The number of aryl methyl sites for hydroxylation is 1. The van der Waals surface area contributed by atoms with Gasteiger partial charge in [0.25, 0.3) is 0 Å². The van der Waals surface area contributed by atoms with Gasteiger partial charge in [-0.2, -0.15) is 11.8 Å². The molecule has 0 radical (unpaired) electrons. The highest BCUT2D eigenvalue weighted by molar-refractivity contribution is 7.99. The molecule has 1 fully saturated rings. The number of carbonyl (C=O) groups excluding carboxylic acids is 1. The molecule has 1 saturated heterocycles. The number of fused-ring (bicyclic) bond motifs is 1. The molecule has 1 aromatic carbocycles. The van der Waals surface area contributed by atoms with Crippen LogP contribution in [0.3, 0.4) is 0 Å². The molecule has 1 aliphatic rings. The van der Waals surface area contributed by atoms with E-state index in [4.69, 9.17) is 4.98 Å². The summed E-state index contributed by atoms with van der Waals surface area (Å²) in [7, 11) is 0. The van der Waals surface area contributed by atoms with E-state index >= 15 is 0 Å². The molecule has 1 amide bonds. The number of nitrogens with zero attached hydrogens (tertiary/aromatic N) is 3. The molecule has 0 spiro atoms. The van der Waals surface area contributed by atoms with Crippen LogP contribution in [0.25, 0.3) is 16.7 Å². The van der Waals surface area contributed by atoms with Gasteiger partial charge < -0.3 is 10.2 Å². The Balaban J connectivity index is 0.00000186. The van der Waals surface area contributed by atoms with Crippen LogP contribution in [0.15, 0.2) is 83.8 Å². The van der Waals surface area contributed by atoms with Gasteiger partial charge in [-0.15, -0.1) is 0 Å². The molecular formula is C30H36N4O2S. The largest absolute Gasteiger partial charge is 0.341 e. The number of aromatic nitrogens is 2. The fourth-order valence-electron chi connectivity index (χ4n) is 4.17. The Morgan fingerprint density at radius 2 is 1.86 bits per heavy atom. The van der Waals surface area contributed by atoms with Crippen molar-refractivity contribution in [3.8, 4) is 5.69 Å². The number of thioether (sulfide) groups is 1. The van der Waals surface area contributed by atoms with E-state index in [0.29, 0.717) is 22.5 Å². The van der Waals surface area contributed by atoms with Crippen LogP contribution in [0.2, 0.25) is 0 Å². The first-order valence-corrected chi connectivity index (χ1v) is 13.9. The van der Waals surface area contributed by atoms with Crippen LogP contribution in [0.4, 0.5) is 5.82 Å². The lowest BCUT2D eigenvalue weighted by molar-refractivity contribution is -0.130. The zero-order valence-corrected chi connectivity index (χ0v) is 23.0. The van der Waals surface area contributed by atoms with Gasteiger partial charge in [0.15, 0.2) is 11.1 Å². The number of benzene rings is 1. The van der Waals surface area contributed by atoms with Crippen LogP contribution in [0.5, 0.6) is 0 Å². The summed E-state index contributed by atoms with van der Waals surface area (Å²) in [6.07, 6.45) is 7.63. The van der Waals surface area contributed by atoms with Crippen molar-refractivity contribution in [1.82, 2.24) is 14.5 Å². The molecule has 0 saturated carbocycles. The van der Waals surface area contributed by atoms with E-state index in [-0.39, 0.29) is 17.8 Å². The summed E-state index contributed by atoms with van der Waals surface area (Å²) in [5.74, 6) is 2.57. The Morgan fingerprint density at radius 1 is 1.16 bits per heavy atom. The maximum atomic E-state index is 13.2. The van der Waals surface area contributed by atoms with Gasteiger partial charge in [-0.3, -0.25) is 14.2 Å². The van der Waals surface area contributed by atoms with E-state index in [0.717, 1.165) is 41.5 Å². The molecule has 0 bridgehead atoms. The molecule has 6 nitrogen and oxygen atoms in total. The summed E-state index contributed by atoms with van der Waals surface area (Å²) >= 11 is 1.87. The van der Waals surface area contributed by atoms with Crippen molar-refractivity contribution in [2.45, 2.75) is 34.1 Å². The lowest BCUT2D eigenvalue weighted by atomic mass is 10.1. The standard InChI is InChI=1S/C28H30N4O2S.C2H6/c1-4-6-10-21(5-2)29-25-19-24(33)27-20(3)17-22(18-26(34)31-13-15-35-16-14-31)30-28(27)32(25)23-11-8-7-9-12-23;1-2/h4-12,17,19,29H,2,13-16,18H2,1,3H3;1-2H3/b6-4-,21-10+;. The first-order chi connectivity index (χ1) is 18.0. The molecule has 1 aliphatic heterocycles. The average molecular weight is 517 g/mol. The predicted molar refractivity (Wildman–Crippen MR) is 158 cm³/mol. The van der Waals surface area contributed by atoms with Crippen molar-refractivity contribution >= 4 is 34.5 Å². The number of nitrogens with one attached hydrogen (secondary N) is 1. The highest BCUT2D eigenvalue weighted by atomic mass is 32.2. The molecule has 37 heavy (non-hydrogen) atoms. The fourth-order valence-corrected chi connectivity index (χ4v) is 5.08. The van der Waals surface area contributed by atoms with E-state index in [1.54, 1.807) is 12.1 Å². The predicted octanol–water partition coefficient (Wildman–Crippen LogP) is 5.90. The molecule has 1 N–H and O–H groups in total. The molecular weight excluding hydrogens is 480 g/mol. The van der Waals surface area contributed by atoms with E-state index in [1.807, 2.05) is 104 Å². The van der Waals surface area contributed by atoms with Gasteiger partial charge in [-0.25, -0.2) is 4.98 Å². The molecule has 3 aromatic rings. The fraction of sp³-hybridized carbons (Fsp3) is 0.300. The van der Waals surface area contributed by atoms with Gasteiger partial charge in [-0.1, -0.05) is 50.8 Å². The van der Waals surface area contributed by atoms with Crippen molar-refractivity contribution in [2.24, 2.45) is 0 Å². The van der Waals surface area contributed by atoms with Crippen molar-refractivity contribution in [2.75, 3.05) is 29.9 Å². The minimum absolute atomic E-state index is 0.0719. The highest BCUT2D eigenvalue weighted by Crippen LogP contribution is 2.25. The van der Waals surface area contributed by atoms with Crippen molar-refractivity contribution in [3.05, 3.63) is 101 Å². The maximum absolute atomic E-state index is 13.2. The van der Waals surface area contributed by atoms with Crippen molar-refractivity contribution in [1.29, 1.82) is 0 Å². The average Bonchev–Trinajstić information content (AvgIpc) is 2.92. The first kappa shape index (κ1) is 28.0. The lowest BCUT2D eigenvalue weighted by Gasteiger charge is -2.26.